The number of halogens is 1. The zero-order valence-corrected chi connectivity index (χ0v) is 16.6. The van der Waals surface area contributed by atoms with Gasteiger partial charge in [0.1, 0.15) is 5.69 Å². The molecule has 1 aromatic carbocycles. The molecule has 3 aromatic heterocycles. The van der Waals surface area contributed by atoms with Crippen LogP contribution in [-0.2, 0) is 0 Å². The predicted molar refractivity (Wildman–Crippen MR) is 111 cm³/mol. The maximum atomic E-state index is 11.4. The average Bonchev–Trinajstić information content (AvgIpc) is 3.34. The first-order valence-corrected chi connectivity index (χ1v) is 9.70. The van der Waals surface area contributed by atoms with Crippen molar-refractivity contribution in [1.29, 1.82) is 0 Å². The third-order valence-electron chi connectivity index (χ3n) is 4.70. The first-order valence-electron chi connectivity index (χ1n) is 9.32. The van der Waals surface area contributed by atoms with Gasteiger partial charge >= 0.3 is 5.69 Å². The molecular formula is C19H17ClN8O2. The van der Waals surface area contributed by atoms with Crippen molar-refractivity contribution in [1.82, 2.24) is 29.5 Å². The van der Waals surface area contributed by atoms with E-state index in [1.807, 2.05) is 19.1 Å². The van der Waals surface area contributed by atoms with Gasteiger partial charge in [0.05, 0.1) is 12.2 Å². The van der Waals surface area contributed by atoms with Gasteiger partial charge in [-0.3, -0.25) is 4.98 Å². The summed E-state index contributed by atoms with van der Waals surface area (Å²) >= 11 is 6.13. The van der Waals surface area contributed by atoms with E-state index in [4.69, 9.17) is 11.6 Å². The van der Waals surface area contributed by atoms with Gasteiger partial charge in [-0.05, 0) is 43.5 Å². The molecule has 4 aromatic rings. The molecule has 0 aliphatic heterocycles. The van der Waals surface area contributed by atoms with Crippen LogP contribution in [0.3, 0.4) is 0 Å². The Bertz CT molecular complexity index is 1450. The van der Waals surface area contributed by atoms with Crippen LogP contribution in [0.4, 0.5) is 11.6 Å². The summed E-state index contributed by atoms with van der Waals surface area (Å²) in [6, 6.07) is 5.75. The summed E-state index contributed by atoms with van der Waals surface area (Å²) in [5.74, 6) is 0.0819. The summed E-state index contributed by atoms with van der Waals surface area (Å²) < 4.78 is 1.54. The van der Waals surface area contributed by atoms with Gasteiger partial charge in [0, 0.05) is 15.9 Å². The Morgan fingerprint density at radius 3 is 2.90 bits per heavy atom. The lowest BCUT2D eigenvalue weighted by atomic mass is 10.2. The molecule has 1 saturated carbocycles. The van der Waals surface area contributed by atoms with E-state index in [1.54, 1.807) is 22.9 Å². The van der Waals surface area contributed by atoms with Crippen molar-refractivity contribution in [2.75, 3.05) is 5.32 Å². The number of imidazole rings is 1. The summed E-state index contributed by atoms with van der Waals surface area (Å²) in [6.07, 6.45) is 5.19. The van der Waals surface area contributed by atoms with Crippen molar-refractivity contribution >= 4 is 35.0 Å². The van der Waals surface area contributed by atoms with Crippen LogP contribution >= 0.6 is 11.6 Å². The second-order valence-corrected chi connectivity index (χ2v) is 7.55. The van der Waals surface area contributed by atoms with Crippen molar-refractivity contribution in [2.45, 2.75) is 25.8 Å². The van der Waals surface area contributed by atoms with Crippen molar-refractivity contribution in [3.05, 3.63) is 62.0 Å². The molecule has 152 valence electrons. The van der Waals surface area contributed by atoms with E-state index < -0.39 is 5.69 Å². The lowest BCUT2D eigenvalue weighted by Gasteiger charge is -2.08. The molecule has 4 N–H and O–H groups in total. The summed E-state index contributed by atoms with van der Waals surface area (Å²) in [5, 5.41) is 18.6. The van der Waals surface area contributed by atoms with Crippen LogP contribution in [0.15, 0.2) is 34.2 Å². The molecular weight excluding hydrogens is 408 g/mol. The minimum atomic E-state index is -0.506. The molecule has 0 saturated heterocycles. The first kappa shape index (κ1) is 18.4. The number of fused-ring (bicyclic) bond motifs is 1. The lowest BCUT2D eigenvalue weighted by molar-refractivity contribution is 0.454. The monoisotopic (exact) mass is 424 g/mol. The molecule has 0 radical (unpaired) electrons. The maximum absolute atomic E-state index is 11.4. The Morgan fingerprint density at radius 2 is 2.17 bits per heavy atom. The molecule has 10 nitrogen and oxygen atoms in total. The molecule has 1 fully saturated rings. The summed E-state index contributed by atoms with van der Waals surface area (Å²) in [5.41, 5.74) is 2.40. The van der Waals surface area contributed by atoms with E-state index >= 15 is 0 Å². The molecule has 0 amide bonds. The number of aryl methyl sites for hydroxylation is 1. The quantitative estimate of drug-likeness (QED) is 0.388. The Labute approximate surface area is 174 Å². The highest BCUT2D eigenvalue weighted by Crippen LogP contribution is 2.23. The van der Waals surface area contributed by atoms with Crippen molar-refractivity contribution in [3.8, 4) is 5.88 Å². The third-order valence-corrected chi connectivity index (χ3v) is 4.94. The number of benzene rings is 1. The molecule has 1 aliphatic carbocycles. The Balaban J connectivity index is 1.69. The third kappa shape index (κ3) is 3.52. The van der Waals surface area contributed by atoms with E-state index in [0.717, 1.165) is 24.1 Å². The smallest absolute Gasteiger partial charge is 0.326 e. The van der Waals surface area contributed by atoms with Gasteiger partial charge in [-0.1, -0.05) is 17.7 Å². The minimum absolute atomic E-state index is 0.227. The van der Waals surface area contributed by atoms with Gasteiger partial charge in [0.2, 0.25) is 11.8 Å². The number of anilines is 2. The molecule has 3 heterocycles. The lowest BCUT2D eigenvalue weighted by Crippen LogP contribution is -2.24. The highest BCUT2D eigenvalue weighted by molar-refractivity contribution is 6.30. The number of rotatable bonds is 4. The Kier molecular flexibility index (Phi) is 4.28. The summed E-state index contributed by atoms with van der Waals surface area (Å²) in [6.45, 7) is 1.95. The van der Waals surface area contributed by atoms with Crippen LogP contribution in [-0.4, -0.2) is 40.7 Å². The number of hydrogen-bond donors (Lipinski definition) is 4. The van der Waals surface area contributed by atoms with Gasteiger partial charge in [0.25, 0.3) is 5.62 Å². The predicted octanol–water partition coefficient (Wildman–Crippen LogP) is 1.16. The number of aromatic nitrogens is 6. The standard InChI is InChI=1S/C19H17ClN8O2/c1-9-2-3-11(20)7-13(9)23-17-25-15-10(6-14-16(29)26-19(30)24-14)8-21-28(15)18(27-17)22-12-4-5-12/h2-3,6-8,12,29H,4-5H2,1H3,(H,22,23,27)(H2,24,26,30). The zero-order chi connectivity index (χ0) is 20.8. The number of hydrogen-bond acceptors (Lipinski definition) is 7. The number of nitrogens with zero attached hydrogens (tertiary/aromatic N) is 5. The summed E-state index contributed by atoms with van der Waals surface area (Å²) in [4.78, 5) is 30.0. The van der Waals surface area contributed by atoms with Crippen LogP contribution in [0.5, 0.6) is 5.88 Å². The first-order chi connectivity index (χ1) is 14.5. The topological polar surface area (TPSA) is 136 Å². The van der Waals surface area contributed by atoms with Crippen LogP contribution in [0, 0.1) is 6.92 Å². The van der Waals surface area contributed by atoms with Crippen LogP contribution in [0.25, 0.3) is 11.7 Å². The van der Waals surface area contributed by atoms with E-state index in [1.165, 1.54) is 0 Å². The maximum Gasteiger partial charge on any atom is 0.326 e. The molecule has 11 heteroatoms. The van der Waals surface area contributed by atoms with Gasteiger partial charge < -0.3 is 15.4 Å². The van der Waals surface area contributed by atoms with Crippen LogP contribution < -0.4 is 21.8 Å². The van der Waals surface area contributed by atoms with Crippen LogP contribution in [0.1, 0.15) is 24.1 Å². The van der Waals surface area contributed by atoms with Gasteiger partial charge in [-0.25, -0.2) is 9.79 Å². The molecule has 0 unspecified atom stereocenters. The van der Waals surface area contributed by atoms with Crippen molar-refractivity contribution < 1.29 is 5.11 Å². The molecule has 0 bridgehead atoms. The Hall–Kier alpha value is -3.66. The second kappa shape index (κ2) is 6.99. The number of H-pyrrole nitrogens is 2. The minimum Gasteiger partial charge on any atom is -0.493 e. The van der Waals surface area contributed by atoms with E-state index in [-0.39, 0.29) is 17.6 Å². The SMILES string of the molecule is Cc1ccc(Cl)cc1Nc1nc(=NC2CC2)n2ncc(=Cc3[nH]c(=O)[nH]c3O)c2n1. The molecule has 30 heavy (non-hydrogen) atoms. The molecule has 5 rings (SSSR count). The second-order valence-electron chi connectivity index (χ2n) is 7.11. The highest BCUT2D eigenvalue weighted by atomic mass is 35.5. The largest absolute Gasteiger partial charge is 0.493 e. The van der Waals surface area contributed by atoms with Gasteiger partial charge in [0.15, 0.2) is 5.65 Å². The van der Waals surface area contributed by atoms with E-state index in [0.29, 0.717) is 27.5 Å². The number of aromatic amines is 2. The van der Waals surface area contributed by atoms with Gasteiger partial charge in [-0.15, -0.1) is 0 Å². The molecule has 0 atom stereocenters. The van der Waals surface area contributed by atoms with Crippen molar-refractivity contribution in [2.24, 2.45) is 4.99 Å². The summed E-state index contributed by atoms with van der Waals surface area (Å²) in [7, 11) is 0. The number of nitrogens with one attached hydrogen (secondary N) is 3. The van der Waals surface area contributed by atoms with E-state index in [2.05, 4.69) is 35.3 Å². The fourth-order valence-corrected chi connectivity index (χ4v) is 3.16. The molecule has 0 spiro atoms. The molecule has 1 aliphatic rings. The van der Waals surface area contributed by atoms with E-state index in [9.17, 15) is 9.90 Å². The Morgan fingerprint density at radius 1 is 1.33 bits per heavy atom. The zero-order valence-electron chi connectivity index (χ0n) is 15.8. The highest BCUT2D eigenvalue weighted by Gasteiger charge is 2.21. The fourth-order valence-electron chi connectivity index (χ4n) is 2.99. The fraction of sp³-hybridized carbons (Fsp3) is 0.211. The number of aromatic hydroxyl groups is 1. The van der Waals surface area contributed by atoms with Gasteiger partial charge in [-0.2, -0.15) is 19.6 Å². The van der Waals surface area contributed by atoms with Crippen LogP contribution in [0.2, 0.25) is 5.02 Å². The van der Waals surface area contributed by atoms with Crippen molar-refractivity contribution in [3.63, 3.8) is 0 Å². The average molecular weight is 425 g/mol. The normalized spacial score (nSPS) is 15.3.